The first-order chi connectivity index (χ1) is 7.65. The molecule has 0 aromatic heterocycles. The number of hydrogen-bond acceptors (Lipinski definition) is 2. The van der Waals surface area contributed by atoms with Crippen molar-refractivity contribution in [2.24, 2.45) is 0 Å². The van der Waals surface area contributed by atoms with Gasteiger partial charge in [0.25, 0.3) is 0 Å². The number of benzene rings is 1. The molecule has 0 saturated heterocycles. The molecule has 2 nitrogen and oxygen atoms in total. The van der Waals surface area contributed by atoms with E-state index in [2.05, 4.69) is 12.6 Å². The second-order valence-corrected chi connectivity index (χ2v) is 4.49. The second kappa shape index (κ2) is 4.30. The van der Waals surface area contributed by atoms with Crippen molar-refractivity contribution in [3.8, 4) is 5.75 Å². The normalized spacial score (nSPS) is 17.4. The summed E-state index contributed by atoms with van der Waals surface area (Å²) in [5.74, 6) is 0.886. The first-order valence-corrected chi connectivity index (χ1v) is 5.73. The highest BCUT2D eigenvalue weighted by Crippen LogP contribution is 2.38. The van der Waals surface area contributed by atoms with Crippen LogP contribution in [0.2, 0.25) is 0 Å². The van der Waals surface area contributed by atoms with E-state index in [-0.39, 0.29) is 0 Å². The van der Waals surface area contributed by atoms with Crippen LogP contribution in [0.5, 0.6) is 5.75 Å². The molecule has 1 aliphatic heterocycles. The Kier molecular flexibility index (Phi) is 3.01. The summed E-state index contributed by atoms with van der Waals surface area (Å²) in [6, 6.07) is 6.01. The van der Waals surface area contributed by atoms with Gasteiger partial charge in [0.1, 0.15) is 5.75 Å². The third kappa shape index (κ3) is 1.98. The minimum Gasteiger partial charge on any atom is -0.493 e. The Morgan fingerprint density at radius 3 is 3.12 bits per heavy atom. The first-order valence-electron chi connectivity index (χ1n) is 5.73. The van der Waals surface area contributed by atoms with E-state index in [1.54, 1.807) is 0 Å². The van der Waals surface area contributed by atoms with Crippen molar-refractivity contribution in [1.29, 1.82) is 0 Å². The van der Waals surface area contributed by atoms with Gasteiger partial charge in [-0.05, 0) is 25.3 Å². The number of para-hydroxylation sites is 1. The van der Waals surface area contributed by atoms with Gasteiger partial charge < -0.3 is 9.84 Å². The molecule has 86 valence electrons. The molecule has 1 atom stereocenters. The molecular formula is C14H18O2. The molecule has 0 amide bonds. The molecular weight excluding hydrogens is 200 g/mol. The summed E-state index contributed by atoms with van der Waals surface area (Å²) in [4.78, 5) is 0. The number of ether oxygens (including phenoxy) is 1. The average molecular weight is 218 g/mol. The average Bonchev–Trinajstić information content (AvgIpc) is 2.73. The van der Waals surface area contributed by atoms with Crippen LogP contribution in [-0.2, 0) is 12.0 Å². The maximum Gasteiger partial charge on any atom is 0.128 e. The van der Waals surface area contributed by atoms with E-state index < -0.39 is 5.60 Å². The van der Waals surface area contributed by atoms with E-state index in [1.165, 1.54) is 5.56 Å². The third-order valence-corrected chi connectivity index (χ3v) is 3.13. The first kappa shape index (κ1) is 11.2. The summed E-state index contributed by atoms with van der Waals surface area (Å²) in [6.45, 7) is 6.25. The lowest BCUT2D eigenvalue weighted by Crippen LogP contribution is -2.21. The molecule has 1 aromatic rings. The summed E-state index contributed by atoms with van der Waals surface area (Å²) in [5.41, 5.74) is 1.28. The lowest BCUT2D eigenvalue weighted by molar-refractivity contribution is 0.0462. The monoisotopic (exact) mass is 218 g/mol. The van der Waals surface area contributed by atoms with Crippen molar-refractivity contribution in [2.75, 3.05) is 6.61 Å². The molecule has 0 saturated carbocycles. The number of rotatable bonds is 4. The Balaban J connectivity index is 2.32. The zero-order valence-electron chi connectivity index (χ0n) is 9.70. The Labute approximate surface area is 96.6 Å². The standard InChI is InChI=1S/C14H18O2/c1-3-4-9-14(2,15)12-7-5-6-11-8-10-16-13(11)12/h3,5-7,15H,1,4,8-10H2,2H3. The summed E-state index contributed by atoms with van der Waals surface area (Å²) in [5, 5.41) is 10.5. The van der Waals surface area contributed by atoms with Gasteiger partial charge in [0.2, 0.25) is 0 Å². The molecule has 1 N–H and O–H groups in total. The SMILES string of the molecule is C=CCCC(C)(O)c1cccc2c1OCC2. The highest BCUT2D eigenvalue weighted by atomic mass is 16.5. The maximum absolute atomic E-state index is 10.5. The largest absolute Gasteiger partial charge is 0.493 e. The maximum atomic E-state index is 10.5. The molecule has 2 rings (SSSR count). The molecule has 0 radical (unpaired) electrons. The molecule has 1 aromatic carbocycles. The zero-order chi connectivity index (χ0) is 11.6. The minimum absolute atomic E-state index is 0.677. The van der Waals surface area contributed by atoms with E-state index in [9.17, 15) is 5.11 Å². The van der Waals surface area contributed by atoms with Gasteiger partial charge >= 0.3 is 0 Å². The second-order valence-electron chi connectivity index (χ2n) is 4.49. The summed E-state index contributed by atoms with van der Waals surface area (Å²) in [7, 11) is 0. The molecule has 1 heterocycles. The van der Waals surface area contributed by atoms with Crippen LogP contribution in [0.1, 0.15) is 30.9 Å². The van der Waals surface area contributed by atoms with Crippen LogP contribution in [0.25, 0.3) is 0 Å². The highest BCUT2D eigenvalue weighted by molar-refractivity contribution is 5.46. The van der Waals surface area contributed by atoms with Crippen LogP contribution in [0.15, 0.2) is 30.9 Å². The smallest absolute Gasteiger partial charge is 0.128 e. The summed E-state index contributed by atoms with van der Waals surface area (Å²) >= 11 is 0. The fourth-order valence-electron chi connectivity index (χ4n) is 2.16. The van der Waals surface area contributed by atoms with Crippen molar-refractivity contribution in [2.45, 2.75) is 31.8 Å². The van der Waals surface area contributed by atoms with Crippen LogP contribution in [-0.4, -0.2) is 11.7 Å². The Hall–Kier alpha value is -1.28. The van der Waals surface area contributed by atoms with Gasteiger partial charge in [-0.2, -0.15) is 0 Å². The minimum atomic E-state index is -0.829. The van der Waals surface area contributed by atoms with Crippen LogP contribution in [0, 0.1) is 0 Å². The summed E-state index contributed by atoms with van der Waals surface area (Å²) < 4.78 is 5.61. The topological polar surface area (TPSA) is 29.5 Å². The van der Waals surface area contributed by atoms with Gasteiger partial charge in [-0.15, -0.1) is 6.58 Å². The molecule has 16 heavy (non-hydrogen) atoms. The molecule has 0 bridgehead atoms. The van der Waals surface area contributed by atoms with Crippen molar-refractivity contribution >= 4 is 0 Å². The van der Waals surface area contributed by atoms with Crippen LogP contribution >= 0.6 is 0 Å². The van der Waals surface area contributed by atoms with Gasteiger partial charge in [-0.1, -0.05) is 24.3 Å². The molecule has 0 fully saturated rings. The van der Waals surface area contributed by atoms with E-state index in [1.807, 2.05) is 25.1 Å². The van der Waals surface area contributed by atoms with Crippen molar-refractivity contribution in [3.63, 3.8) is 0 Å². The highest BCUT2D eigenvalue weighted by Gasteiger charge is 2.29. The Morgan fingerprint density at radius 2 is 2.38 bits per heavy atom. The number of hydrogen-bond donors (Lipinski definition) is 1. The van der Waals surface area contributed by atoms with E-state index in [0.717, 1.165) is 30.8 Å². The number of allylic oxidation sites excluding steroid dienone is 1. The Morgan fingerprint density at radius 1 is 1.56 bits per heavy atom. The van der Waals surface area contributed by atoms with E-state index >= 15 is 0 Å². The van der Waals surface area contributed by atoms with E-state index in [4.69, 9.17) is 4.74 Å². The van der Waals surface area contributed by atoms with Crippen molar-refractivity contribution < 1.29 is 9.84 Å². The predicted octanol–water partition coefficient (Wildman–Crippen LogP) is 2.80. The fourth-order valence-corrected chi connectivity index (χ4v) is 2.16. The number of fused-ring (bicyclic) bond motifs is 1. The lowest BCUT2D eigenvalue weighted by Gasteiger charge is -2.25. The zero-order valence-corrected chi connectivity index (χ0v) is 9.70. The molecule has 2 heteroatoms. The van der Waals surface area contributed by atoms with Crippen molar-refractivity contribution in [3.05, 3.63) is 42.0 Å². The quantitative estimate of drug-likeness (QED) is 0.787. The van der Waals surface area contributed by atoms with Crippen molar-refractivity contribution in [1.82, 2.24) is 0 Å². The van der Waals surface area contributed by atoms with Gasteiger partial charge in [0, 0.05) is 12.0 Å². The van der Waals surface area contributed by atoms with Crippen LogP contribution in [0.3, 0.4) is 0 Å². The predicted molar refractivity (Wildman–Crippen MR) is 64.6 cm³/mol. The molecule has 1 unspecified atom stereocenters. The van der Waals surface area contributed by atoms with Gasteiger partial charge in [-0.3, -0.25) is 0 Å². The van der Waals surface area contributed by atoms with Gasteiger partial charge in [-0.25, -0.2) is 0 Å². The van der Waals surface area contributed by atoms with E-state index in [0.29, 0.717) is 6.42 Å². The third-order valence-electron chi connectivity index (χ3n) is 3.13. The fraction of sp³-hybridized carbons (Fsp3) is 0.429. The van der Waals surface area contributed by atoms with Crippen LogP contribution < -0.4 is 4.74 Å². The van der Waals surface area contributed by atoms with Gasteiger partial charge in [0.15, 0.2) is 0 Å². The molecule has 0 spiro atoms. The molecule has 1 aliphatic rings. The van der Waals surface area contributed by atoms with Crippen LogP contribution in [0.4, 0.5) is 0 Å². The lowest BCUT2D eigenvalue weighted by atomic mass is 9.89. The summed E-state index contributed by atoms with van der Waals surface area (Å²) in [6.07, 6.45) is 4.26. The van der Waals surface area contributed by atoms with Gasteiger partial charge in [0.05, 0.1) is 12.2 Å². The number of aliphatic hydroxyl groups is 1. The Bertz CT molecular complexity index is 394. The molecule has 0 aliphatic carbocycles.